The molecule has 1 saturated heterocycles. The van der Waals surface area contributed by atoms with Gasteiger partial charge in [0.25, 0.3) is 5.91 Å². The molecule has 2 aromatic carbocycles. The van der Waals surface area contributed by atoms with Gasteiger partial charge in [-0.1, -0.05) is 24.1 Å². The third kappa shape index (κ3) is 8.95. The van der Waals surface area contributed by atoms with Gasteiger partial charge < -0.3 is 24.6 Å². The van der Waals surface area contributed by atoms with E-state index in [2.05, 4.69) is 31.9 Å². The Kier molecular flexibility index (Phi) is 9.96. The summed E-state index contributed by atoms with van der Waals surface area (Å²) in [5.41, 5.74) is -0.587. The van der Waals surface area contributed by atoms with Gasteiger partial charge in [0.2, 0.25) is 5.95 Å². The third-order valence-electron chi connectivity index (χ3n) is 6.60. The smallest absolute Gasteiger partial charge is 0.420 e. The average molecular weight is 624 g/mol. The zero-order chi connectivity index (χ0) is 32.8. The van der Waals surface area contributed by atoms with Crippen molar-refractivity contribution in [2.75, 3.05) is 38.6 Å². The molecule has 236 valence electrons. The Morgan fingerprint density at radius 2 is 1.58 bits per heavy atom. The van der Waals surface area contributed by atoms with Crippen molar-refractivity contribution in [1.29, 1.82) is 0 Å². The molecule has 1 aliphatic rings. The molecule has 2 amide bonds. The Bertz CT molecular complexity index is 1620. The van der Waals surface area contributed by atoms with Crippen molar-refractivity contribution in [3.8, 4) is 11.8 Å². The third-order valence-corrected chi connectivity index (χ3v) is 6.60. The second kappa shape index (κ2) is 13.7. The zero-order valence-electron chi connectivity index (χ0n) is 25.2. The second-order valence-corrected chi connectivity index (χ2v) is 11.1. The van der Waals surface area contributed by atoms with Gasteiger partial charge >= 0.3 is 18.2 Å². The van der Waals surface area contributed by atoms with Gasteiger partial charge in [0, 0.05) is 49.2 Å². The van der Waals surface area contributed by atoms with Gasteiger partial charge in [0.15, 0.2) is 0 Å². The Hall–Kier alpha value is -5.12. The normalized spacial score (nSPS) is 13.4. The lowest BCUT2D eigenvalue weighted by molar-refractivity contribution is -0.140. The summed E-state index contributed by atoms with van der Waals surface area (Å²) in [5.74, 6) is 4.30. The molecule has 0 bridgehead atoms. The van der Waals surface area contributed by atoms with Crippen LogP contribution >= 0.6 is 0 Å². The molecule has 10 nitrogen and oxygen atoms in total. The van der Waals surface area contributed by atoms with Crippen molar-refractivity contribution in [2.45, 2.75) is 39.0 Å². The number of aromatic nitrogens is 2. The summed E-state index contributed by atoms with van der Waals surface area (Å²) in [6, 6.07) is 12.9. The van der Waals surface area contributed by atoms with Crippen LogP contribution in [0.5, 0.6) is 0 Å². The lowest BCUT2D eigenvalue weighted by atomic mass is 10.0. The molecule has 2 heterocycles. The highest BCUT2D eigenvalue weighted by molar-refractivity contribution is 5.94. The summed E-state index contributed by atoms with van der Waals surface area (Å²) in [6.07, 6.45) is -4.62. The minimum Gasteiger partial charge on any atom is -0.469 e. The van der Waals surface area contributed by atoms with Crippen LogP contribution in [0.2, 0.25) is 0 Å². The van der Waals surface area contributed by atoms with Gasteiger partial charge in [-0.15, -0.1) is 0 Å². The number of hydrogen-bond acceptors (Lipinski definition) is 8. The number of nitrogens with one attached hydrogen (secondary N) is 1. The Balaban J connectivity index is 1.46. The van der Waals surface area contributed by atoms with Crippen LogP contribution in [0, 0.1) is 11.8 Å². The Morgan fingerprint density at radius 1 is 0.933 bits per heavy atom. The standard InChI is InChI=1S/C32H32F3N5O5/c1-31(2,3)45-30(43)40-17-15-39(16-18-40)28(42)22-9-12-24(13-10-22)37-29-36-20-25(32(33,34)35)26(38-29)14-11-21-7-5-6-8-23(21)19-27(41)44-4/h5-10,12-13,20H,15-19H2,1-4H3,(H,36,37,38). The minimum absolute atomic E-state index is 0.0924. The predicted molar refractivity (Wildman–Crippen MR) is 159 cm³/mol. The van der Waals surface area contributed by atoms with Gasteiger partial charge in [-0.3, -0.25) is 9.59 Å². The highest BCUT2D eigenvalue weighted by Crippen LogP contribution is 2.31. The Morgan fingerprint density at radius 3 is 2.20 bits per heavy atom. The van der Waals surface area contributed by atoms with Crippen LogP contribution in [-0.4, -0.2) is 76.6 Å². The number of benzene rings is 2. The number of ether oxygens (including phenoxy) is 2. The molecule has 0 saturated carbocycles. The molecule has 0 aliphatic carbocycles. The number of methoxy groups -OCH3 is 1. The highest BCUT2D eigenvalue weighted by atomic mass is 19.4. The first-order valence-electron chi connectivity index (χ1n) is 14.0. The summed E-state index contributed by atoms with van der Waals surface area (Å²) in [4.78, 5) is 48.1. The van der Waals surface area contributed by atoms with Crippen molar-refractivity contribution in [3.63, 3.8) is 0 Å². The maximum atomic E-state index is 13.7. The monoisotopic (exact) mass is 623 g/mol. The van der Waals surface area contributed by atoms with Gasteiger partial charge in [0.05, 0.1) is 13.5 Å². The summed E-state index contributed by atoms with van der Waals surface area (Å²) in [6.45, 7) is 6.73. The number of hydrogen-bond donors (Lipinski definition) is 1. The van der Waals surface area contributed by atoms with E-state index in [1.54, 1.807) is 79.1 Å². The predicted octanol–water partition coefficient (Wildman–Crippen LogP) is 5.05. The fraction of sp³-hybridized carbons (Fsp3) is 0.344. The summed E-state index contributed by atoms with van der Waals surface area (Å²) in [5, 5.41) is 2.85. The molecule has 0 spiro atoms. The highest BCUT2D eigenvalue weighted by Gasteiger charge is 2.35. The van der Waals surface area contributed by atoms with E-state index in [0.29, 0.717) is 54.8 Å². The molecule has 1 fully saturated rings. The number of alkyl halides is 3. The summed E-state index contributed by atoms with van der Waals surface area (Å²) in [7, 11) is 1.24. The number of nitrogens with zero attached hydrogens (tertiary/aromatic N) is 4. The van der Waals surface area contributed by atoms with Crippen LogP contribution in [-0.2, 0) is 26.9 Å². The molecule has 0 unspecified atom stereocenters. The number of amides is 2. The first-order chi connectivity index (χ1) is 21.2. The topological polar surface area (TPSA) is 114 Å². The van der Waals surface area contributed by atoms with E-state index in [9.17, 15) is 27.6 Å². The maximum absolute atomic E-state index is 13.7. The van der Waals surface area contributed by atoms with Gasteiger partial charge in [0.1, 0.15) is 16.9 Å². The fourth-order valence-corrected chi connectivity index (χ4v) is 4.32. The average Bonchev–Trinajstić information content (AvgIpc) is 2.99. The number of anilines is 2. The molecule has 45 heavy (non-hydrogen) atoms. The first-order valence-corrected chi connectivity index (χ1v) is 14.0. The molecule has 1 aliphatic heterocycles. The fourth-order valence-electron chi connectivity index (χ4n) is 4.32. The van der Waals surface area contributed by atoms with Crippen molar-refractivity contribution >= 4 is 29.6 Å². The van der Waals surface area contributed by atoms with E-state index in [-0.39, 0.29) is 18.3 Å². The zero-order valence-corrected chi connectivity index (χ0v) is 25.2. The lowest BCUT2D eigenvalue weighted by Crippen LogP contribution is -2.51. The second-order valence-electron chi connectivity index (χ2n) is 11.1. The quantitative estimate of drug-likeness (QED) is 0.311. The first kappa shape index (κ1) is 32.8. The number of rotatable bonds is 5. The van der Waals surface area contributed by atoms with E-state index in [1.807, 2.05) is 0 Å². The van der Waals surface area contributed by atoms with Gasteiger partial charge in [-0.2, -0.15) is 13.2 Å². The summed E-state index contributed by atoms with van der Waals surface area (Å²) < 4.78 is 51.3. The van der Waals surface area contributed by atoms with Crippen LogP contribution in [0.15, 0.2) is 54.7 Å². The van der Waals surface area contributed by atoms with E-state index in [4.69, 9.17) is 4.74 Å². The number of esters is 1. The van der Waals surface area contributed by atoms with Crippen molar-refractivity contribution in [3.05, 3.63) is 82.7 Å². The molecule has 1 aromatic heterocycles. The number of halogens is 3. The number of carbonyl (C=O) groups is 3. The van der Waals surface area contributed by atoms with Crippen LogP contribution in [0.1, 0.15) is 53.5 Å². The molecule has 1 N–H and O–H groups in total. The molecular formula is C32H32F3N5O5. The van der Waals surface area contributed by atoms with Crippen molar-refractivity contribution in [1.82, 2.24) is 19.8 Å². The van der Waals surface area contributed by atoms with Gasteiger partial charge in [-0.05, 0) is 62.6 Å². The largest absolute Gasteiger partial charge is 0.469 e. The van der Waals surface area contributed by atoms with E-state index < -0.39 is 35.1 Å². The molecule has 13 heteroatoms. The molecular weight excluding hydrogens is 591 g/mol. The van der Waals surface area contributed by atoms with Gasteiger partial charge in [-0.25, -0.2) is 14.8 Å². The van der Waals surface area contributed by atoms with E-state index >= 15 is 0 Å². The van der Waals surface area contributed by atoms with Crippen molar-refractivity contribution in [2.24, 2.45) is 0 Å². The van der Waals surface area contributed by atoms with Crippen LogP contribution in [0.4, 0.5) is 29.6 Å². The van der Waals surface area contributed by atoms with E-state index in [0.717, 1.165) is 0 Å². The van der Waals surface area contributed by atoms with Crippen molar-refractivity contribution < 1.29 is 37.0 Å². The maximum Gasteiger partial charge on any atom is 0.420 e. The Labute approximate surface area is 258 Å². The summed E-state index contributed by atoms with van der Waals surface area (Å²) >= 11 is 0. The molecule has 4 rings (SSSR count). The molecule has 0 radical (unpaired) electrons. The lowest BCUT2D eigenvalue weighted by Gasteiger charge is -2.35. The molecule has 3 aromatic rings. The van der Waals surface area contributed by atoms with Crippen LogP contribution in [0.3, 0.4) is 0 Å². The number of piperazine rings is 1. The minimum atomic E-state index is -4.76. The van der Waals surface area contributed by atoms with Crippen LogP contribution in [0.25, 0.3) is 0 Å². The van der Waals surface area contributed by atoms with Crippen LogP contribution < -0.4 is 5.32 Å². The molecule has 0 atom stereocenters. The van der Waals surface area contributed by atoms with E-state index in [1.165, 1.54) is 7.11 Å². The number of carbonyl (C=O) groups excluding carboxylic acids is 3. The SMILES string of the molecule is COC(=O)Cc1ccccc1C#Cc1nc(Nc2ccc(C(=O)N3CCN(C(=O)OC(C)(C)C)CC3)cc2)ncc1C(F)(F)F.